The van der Waals surface area contributed by atoms with E-state index in [1.165, 1.54) is 18.2 Å². The number of anilines is 1. The van der Waals surface area contributed by atoms with Gasteiger partial charge in [0.05, 0.1) is 61.7 Å². The number of fused-ring (bicyclic) bond motifs is 1. The summed E-state index contributed by atoms with van der Waals surface area (Å²) in [5, 5.41) is 3.28. The number of halogens is 4. The topological polar surface area (TPSA) is 79.8 Å². The molecule has 1 fully saturated rings. The Balaban J connectivity index is 1.23. The van der Waals surface area contributed by atoms with Crippen molar-refractivity contribution in [3.05, 3.63) is 101 Å². The third kappa shape index (κ3) is 7.17. The highest BCUT2D eigenvalue weighted by Gasteiger charge is 2.34. The third-order valence-electron chi connectivity index (χ3n) is 8.63. The van der Waals surface area contributed by atoms with Gasteiger partial charge in [-0.3, -0.25) is 9.78 Å². The van der Waals surface area contributed by atoms with Gasteiger partial charge >= 0.3 is 0 Å². The lowest BCUT2D eigenvalue weighted by Crippen LogP contribution is -2.41. The zero-order valence-corrected chi connectivity index (χ0v) is 26.2. The summed E-state index contributed by atoms with van der Waals surface area (Å²) in [6.45, 7) is 2.31. The number of nitrogens with one attached hydrogen (secondary N) is 1. The van der Waals surface area contributed by atoms with E-state index in [2.05, 4.69) is 15.3 Å². The molecule has 2 aliphatic heterocycles. The maximum absolute atomic E-state index is 14.9. The van der Waals surface area contributed by atoms with Gasteiger partial charge in [-0.25, -0.2) is 22.5 Å². The van der Waals surface area contributed by atoms with Gasteiger partial charge in [-0.2, -0.15) is 0 Å². The third-order valence-corrected chi connectivity index (χ3v) is 8.63. The molecule has 1 saturated heterocycles. The van der Waals surface area contributed by atoms with E-state index < -0.39 is 17.6 Å². The first kappa shape index (κ1) is 32.2. The number of pyridine rings is 2. The number of amides is 1. The zero-order valence-electron chi connectivity index (χ0n) is 26.2. The number of hydrogen-bond acceptors (Lipinski definition) is 7. The minimum Gasteiger partial charge on any atom is -0.497 e. The molecule has 0 spiro atoms. The Morgan fingerprint density at radius 1 is 0.936 bits per heavy atom. The molecule has 4 heterocycles. The average Bonchev–Trinajstić information content (AvgIpc) is 3.37. The predicted octanol–water partition coefficient (Wildman–Crippen LogP) is 6.33. The second-order valence-electron chi connectivity index (χ2n) is 11.8. The molecule has 0 aliphatic carbocycles. The van der Waals surface area contributed by atoms with E-state index in [4.69, 9.17) is 9.47 Å². The van der Waals surface area contributed by atoms with Crippen molar-refractivity contribution < 1.29 is 31.8 Å². The maximum Gasteiger partial charge on any atom is 0.256 e. The molecule has 12 heteroatoms. The van der Waals surface area contributed by atoms with Crippen LogP contribution in [0.3, 0.4) is 0 Å². The first-order valence-corrected chi connectivity index (χ1v) is 15.4. The summed E-state index contributed by atoms with van der Waals surface area (Å²) in [6, 6.07) is 14.2. The van der Waals surface area contributed by atoms with E-state index in [9.17, 15) is 22.4 Å². The van der Waals surface area contributed by atoms with Gasteiger partial charge in [0.25, 0.3) is 11.8 Å². The van der Waals surface area contributed by atoms with Crippen LogP contribution in [-0.2, 0) is 19.5 Å². The molecule has 8 nitrogen and oxygen atoms in total. The number of benzene rings is 2. The molecule has 2 aromatic carbocycles. The molecule has 1 N–H and O–H groups in total. The molecule has 0 bridgehead atoms. The molecule has 0 atom stereocenters. The summed E-state index contributed by atoms with van der Waals surface area (Å²) < 4.78 is 67.5. The number of carbonyl (C=O) groups is 1. The van der Waals surface area contributed by atoms with Crippen LogP contribution in [0, 0.1) is 11.6 Å². The highest BCUT2D eigenvalue weighted by atomic mass is 19.3. The first-order chi connectivity index (χ1) is 22.6. The van der Waals surface area contributed by atoms with Gasteiger partial charge in [0.1, 0.15) is 23.1 Å². The summed E-state index contributed by atoms with van der Waals surface area (Å²) in [4.78, 5) is 26.6. The molecule has 0 saturated carbocycles. The van der Waals surface area contributed by atoms with Gasteiger partial charge in [-0.15, -0.1) is 0 Å². The Morgan fingerprint density at radius 2 is 1.70 bits per heavy atom. The van der Waals surface area contributed by atoms with E-state index in [-0.39, 0.29) is 49.5 Å². The Kier molecular flexibility index (Phi) is 9.31. The van der Waals surface area contributed by atoms with Gasteiger partial charge in [0, 0.05) is 62.8 Å². The smallest absolute Gasteiger partial charge is 0.256 e. The molecule has 246 valence electrons. The van der Waals surface area contributed by atoms with Crippen LogP contribution in [0.15, 0.2) is 60.8 Å². The largest absolute Gasteiger partial charge is 0.497 e. The fraction of sp³-hybridized carbons (Fsp3) is 0.343. The molecule has 2 aromatic heterocycles. The number of aromatic nitrogens is 2. The van der Waals surface area contributed by atoms with Crippen LogP contribution in [0.2, 0.25) is 0 Å². The number of alkyl halides is 2. The fourth-order valence-electron chi connectivity index (χ4n) is 6.06. The number of piperidine rings is 1. The van der Waals surface area contributed by atoms with Gasteiger partial charge in [-0.1, -0.05) is 6.07 Å². The van der Waals surface area contributed by atoms with Crippen molar-refractivity contribution in [2.45, 2.75) is 38.3 Å². The Labute approximate surface area is 270 Å². The number of hydrogen-bond donors (Lipinski definition) is 1. The summed E-state index contributed by atoms with van der Waals surface area (Å²) in [5.41, 5.74) is 3.37. The normalized spacial score (nSPS) is 15.9. The Bertz CT molecular complexity index is 1740. The molecule has 47 heavy (non-hydrogen) atoms. The van der Waals surface area contributed by atoms with E-state index in [0.717, 1.165) is 11.3 Å². The first-order valence-electron chi connectivity index (χ1n) is 15.4. The number of carbonyl (C=O) groups excluding carboxylic acids is 1. The minimum atomic E-state index is -2.57. The second kappa shape index (κ2) is 13.6. The van der Waals surface area contributed by atoms with Crippen molar-refractivity contribution in [3.63, 3.8) is 0 Å². The Morgan fingerprint density at radius 3 is 2.38 bits per heavy atom. The summed E-state index contributed by atoms with van der Waals surface area (Å²) >= 11 is 0. The van der Waals surface area contributed by atoms with Crippen LogP contribution in [0.1, 0.15) is 45.7 Å². The molecular formula is C35H35F4N5O3. The fourth-order valence-corrected chi connectivity index (χ4v) is 6.06. The average molecular weight is 650 g/mol. The SMILES string of the molecule is COc1ccc(CN2Cc3nc(-c4c(F)cccc4F)cc(Cc4ccc(NCCN5CCC(F)(F)CC5)cn4)c3C2=O)c(OC)c1. The lowest BCUT2D eigenvalue weighted by atomic mass is 9.98. The van der Waals surface area contributed by atoms with Crippen LogP contribution in [-0.4, -0.2) is 72.0 Å². The van der Waals surface area contributed by atoms with Gasteiger partial charge in [0.2, 0.25) is 0 Å². The summed E-state index contributed by atoms with van der Waals surface area (Å²) in [6.07, 6.45) is 1.65. The van der Waals surface area contributed by atoms with E-state index in [1.54, 1.807) is 43.5 Å². The van der Waals surface area contributed by atoms with Gasteiger partial charge in [0.15, 0.2) is 0 Å². The quantitative estimate of drug-likeness (QED) is 0.190. The summed E-state index contributed by atoms with van der Waals surface area (Å²) in [5.74, 6) is -3.15. The highest BCUT2D eigenvalue weighted by molar-refractivity contribution is 5.99. The van der Waals surface area contributed by atoms with Crippen LogP contribution < -0.4 is 14.8 Å². The zero-order chi connectivity index (χ0) is 33.1. The monoisotopic (exact) mass is 649 g/mol. The van der Waals surface area contributed by atoms with Crippen LogP contribution in [0.4, 0.5) is 23.2 Å². The van der Waals surface area contributed by atoms with Crippen molar-refractivity contribution in [1.29, 1.82) is 0 Å². The maximum atomic E-state index is 14.9. The van der Waals surface area contributed by atoms with Crippen LogP contribution >= 0.6 is 0 Å². The van der Waals surface area contributed by atoms with Crippen molar-refractivity contribution in [3.8, 4) is 22.8 Å². The number of rotatable bonds is 11. The lowest BCUT2D eigenvalue weighted by molar-refractivity contribution is -0.0543. The number of methoxy groups -OCH3 is 2. The standard InChI is InChI=1S/C35H35F4N5O3/c1-46-26-9-6-22(31(18-26)47-2)20-44-21-30-32(34(44)45)23(17-29(42-30)33-27(36)4-3-5-28(33)37)16-24-7-8-25(19-41-24)40-12-15-43-13-10-35(38,39)11-14-43/h3-9,17-19,40H,10-16,20-21H2,1-2H3. The highest BCUT2D eigenvalue weighted by Crippen LogP contribution is 2.35. The molecule has 0 unspecified atom stereocenters. The Hall–Kier alpha value is -4.71. The van der Waals surface area contributed by atoms with E-state index in [0.29, 0.717) is 60.2 Å². The van der Waals surface area contributed by atoms with Gasteiger partial charge in [-0.05, 0) is 48.0 Å². The molecule has 2 aliphatic rings. The van der Waals surface area contributed by atoms with Crippen LogP contribution in [0.5, 0.6) is 11.5 Å². The van der Waals surface area contributed by atoms with E-state index in [1.807, 2.05) is 23.1 Å². The molecular weight excluding hydrogens is 614 g/mol. The molecule has 6 rings (SSSR count). The lowest BCUT2D eigenvalue weighted by Gasteiger charge is -2.31. The van der Waals surface area contributed by atoms with Crippen molar-refractivity contribution >= 4 is 11.6 Å². The number of likely N-dealkylation sites (tertiary alicyclic amines) is 1. The second-order valence-corrected chi connectivity index (χ2v) is 11.8. The molecule has 0 radical (unpaired) electrons. The van der Waals surface area contributed by atoms with Crippen molar-refractivity contribution in [2.75, 3.05) is 45.7 Å². The van der Waals surface area contributed by atoms with Crippen molar-refractivity contribution in [2.24, 2.45) is 0 Å². The number of nitrogens with zero attached hydrogens (tertiary/aromatic N) is 4. The molecule has 1 amide bonds. The minimum absolute atomic E-state index is 0.0970. The van der Waals surface area contributed by atoms with Crippen molar-refractivity contribution in [1.82, 2.24) is 19.8 Å². The molecule has 4 aromatic rings. The van der Waals surface area contributed by atoms with Gasteiger partial charge < -0.3 is 24.6 Å². The van der Waals surface area contributed by atoms with E-state index >= 15 is 0 Å². The van der Waals surface area contributed by atoms with Crippen LogP contribution in [0.25, 0.3) is 11.3 Å². The predicted molar refractivity (Wildman–Crippen MR) is 169 cm³/mol. The number of ether oxygens (including phenoxy) is 2. The summed E-state index contributed by atoms with van der Waals surface area (Å²) in [7, 11) is 3.10.